The summed E-state index contributed by atoms with van der Waals surface area (Å²) >= 11 is 0. The Hall–Kier alpha value is -2.82. The minimum atomic E-state index is -0.213. The maximum absolute atomic E-state index is 12.1. The van der Waals surface area contributed by atoms with Crippen LogP contribution in [-0.4, -0.2) is 36.5 Å². The van der Waals surface area contributed by atoms with Crippen LogP contribution in [0.25, 0.3) is 0 Å². The Morgan fingerprint density at radius 2 is 1.56 bits per heavy atom. The van der Waals surface area contributed by atoms with Gasteiger partial charge in [0.1, 0.15) is 0 Å². The number of rotatable bonds is 9. The predicted octanol–water partition coefficient (Wildman–Crippen LogP) is 3.85. The second-order valence-electron chi connectivity index (χ2n) is 6.41. The van der Waals surface area contributed by atoms with Gasteiger partial charge in [-0.1, -0.05) is 42.5 Å². The Bertz CT molecular complexity index is 710. The Morgan fingerprint density at radius 1 is 0.889 bits per heavy atom. The monoisotopic (exact) mass is 367 g/mol. The van der Waals surface area contributed by atoms with Gasteiger partial charge in [0.05, 0.1) is 6.42 Å². The van der Waals surface area contributed by atoms with E-state index in [0.29, 0.717) is 13.0 Å². The molecule has 0 fully saturated rings. The summed E-state index contributed by atoms with van der Waals surface area (Å²) in [6.45, 7) is 6.02. The quantitative estimate of drug-likeness (QED) is 0.661. The third kappa shape index (κ3) is 7.13. The van der Waals surface area contributed by atoms with E-state index in [-0.39, 0.29) is 11.9 Å². The molecule has 0 saturated carbocycles. The lowest BCUT2D eigenvalue weighted by Crippen LogP contribution is -2.31. The number of amides is 3. The van der Waals surface area contributed by atoms with E-state index in [1.54, 1.807) is 0 Å². The Balaban J connectivity index is 1.72. The van der Waals surface area contributed by atoms with Crippen LogP contribution in [0, 0.1) is 0 Å². The molecular formula is C22H29N3O2. The highest BCUT2D eigenvalue weighted by Crippen LogP contribution is 2.11. The summed E-state index contributed by atoms with van der Waals surface area (Å²) in [5, 5.41) is 5.69. The maximum Gasteiger partial charge on any atom is 0.319 e. The maximum atomic E-state index is 12.1. The lowest BCUT2D eigenvalue weighted by molar-refractivity contribution is -0.130. The first-order valence-corrected chi connectivity index (χ1v) is 9.57. The molecular weight excluding hydrogens is 338 g/mol. The van der Waals surface area contributed by atoms with Crippen LogP contribution in [-0.2, 0) is 17.6 Å². The van der Waals surface area contributed by atoms with Crippen molar-refractivity contribution in [2.75, 3.05) is 25.0 Å². The van der Waals surface area contributed by atoms with Crippen LogP contribution >= 0.6 is 0 Å². The van der Waals surface area contributed by atoms with Gasteiger partial charge in [-0.3, -0.25) is 4.79 Å². The smallest absolute Gasteiger partial charge is 0.319 e. The normalized spacial score (nSPS) is 10.3. The summed E-state index contributed by atoms with van der Waals surface area (Å²) in [5.41, 5.74) is 2.94. The van der Waals surface area contributed by atoms with Crippen LogP contribution in [0.15, 0.2) is 54.6 Å². The zero-order chi connectivity index (χ0) is 19.5. The number of aryl methyl sites for hydroxylation is 1. The summed E-state index contributed by atoms with van der Waals surface area (Å²) < 4.78 is 0. The van der Waals surface area contributed by atoms with Crippen molar-refractivity contribution < 1.29 is 9.59 Å². The van der Waals surface area contributed by atoms with Gasteiger partial charge < -0.3 is 15.5 Å². The number of carbonyl (C=O) groups is 2. The molecule has 0 heterocycles. The lowest BCUT2D eigenvalue weighted by Gasteiger charge is -2.18. The fraction of sp³-hybridized carbons (Fsp3) is 0.364. The van der Waals surface area contributed by atoms with Crippen molar-refractivity contribution in [2.45, 2.75) is 33.1 Å². The van der Waals surface area contributed by atoms with E-state index in [4.69, 9.17) is 0 Å². The zero-order valence-corrected chi connectivity index (χ0v) is 16.2. The first-order chi connectivity index (χ1) is 13.1. The van der Waals surface area contributed by atoms with E-state index >= 15 is 0 Å². The van der Waals surface area contributed by atoms with Gasteiger partial charge in [0, 0.05) is 25.3 Å². The van der Waals surface area contributed by atoms with Crippen molar-refractivity contribution >= 4 is 17.6 Å². The highest BCUT2D eigenvalue weighted by atomic mass is 16.2. The first-order valence-electron chi connectivity index (χ1n) is 9.57. The van der Waals surface area contributed by atoms with Crippen molar-refractivity contribution in [1.29, 1.82) is 0 Å². The molecule has 27 heavy (non-hydrogen) atoms. The molecule has 0 radical (unpaired) electrons. The molecule has 144 valence electrons. The summed E-state index contributed by atoms with van der Waals surface area (Å²) in [7, 11) is 0. The Kier molecular flexibility index (Phi) is 8.36. The van der Waals surface area contributed by atoms with Crippen LogP contribution < -0.4 is 10.6 Å². The number of likely N-dealkylation sites (N-methyl/N-ethyl adjacent to an activating group) is 1. The van der Waals surface area contributed by atoms with Crippen LogP contribution in [0.2, 0.25) is 0 Å². The van der Waals surface area contributed by atoms with E-state index in [2.05, 4.69) is 22.8 Å². The Labute approximate surface area is 161 Å². The molecule has 0 aromatic heterocycles. The number of carbonyl (C=O) groups excluding carboxylic acids is 2. The first kappa shape index (κ1) is 20.5. The van der Waals surface area contributed by atoms with Crippen molar-refractivity contribution in [3.8, 4) is 0 Å². The summed E-state index contributed by atoms with van der Waals surface area (Å²) in [5.74, 6) is 0.122. The molecule has 0 aliphatic rings. The third-order valence-corrected chi connectivity index (χ3v) is 4.45. The second-order valence-corrected chi connectivity index (χ2v) is 6.41. The Morgan fingerprint density at radius 3 is 2.19 bits per heavy atom. The van der Waals surface area contributed by atoms with Gasteiger partial charge in [-0.25, -0.2) is 4.79 Å². The molecule has 0 aliphatic heterocycles. The van der Waals surface area contributed by atoms with Crippen molar-refractivity contribution in [3.05, 3.63) is 65.7 Å². The summed E-state index contributed by atoms with van der Waals surface area (Å²) in [6, 6.07) is 17.4. The lowest BCUT2D eigenvalue weighted by atomic mass is 10.1. The topological polar surface area (TPSA) is 61.4 Å². The highest BCUT2D eigenvalue weighted by Gasteiger charge is 2.10. The van der Waals surface area contributed by atoms with E-state index in [1.165, 1.54) is 5.56 Å². The molecule has 0 aliphatic carbocycles. The molecule has 2 aromatic rings. The second kappa shape index (κ2) is 11.0. The molecule has 0 unspecified atom stereocenters. The van der Waals surface area contributed by atoms with Gasteiger partial charge in [0.25, 0.3) is 0 Å². The van der Waals surface area contributed by atoms with Crippen LogP contribution in [0.3, 0.4) is 0 Å². The van der Waals surface area contributed by atoms with Gasteiger partial charge in [0.2, 0.25) is 5.91 Å². The molecule has 0 atom stereocenters. The van der Waals surface area contributed by atoms with E-state index < -0.39 is 0 Å². The largest absolute Gasteiger partial charge is 0.343 e. The number of nitrogens with one attached hydrogen (secondary N) is 2. The molecule has 2 aromatic carbocycles. The van der Waals surface area contributed by atoms with Crippen molar-refractivity contribution in [3.63, 3.8) is 0 Å². The van der Waals surface area contributed by atoms with Gasteiger partial charge >= 0.3 is 6.03 Å². The van der Waals surface area contributed by atoms with Gasteiger partial charge in [0.15, 0.2) is 0 Å². The van der Waals surface area contributed by atoms with Crippen LogP contribution in [0.1, 0.15) is 31.4 Å². The molecule has 0 bridgehead atoms. The third-order valence-electron chi connectivity index (χ3n) is 4.45. The summed E-state index contributed by atoms with van der Waals surface area (Å²) in [4.78, 5) is 25.9. The van der Waals surface area contributed by atoms with E-state index in [0.717, 1.165) is 37.2 Å². The van der Waals surface area contributed by atoms with Crippen LogP contribution in [0.4, 0.5) is 10.5 Å². The van der Waals surface area contributed by atoms with Crippen molar-refractivity contribution in [1.82, 2.24) is 10.2 Å². The molecule has 0 spiro atoms. The SMILES string of the molecule is CCN(CC)C(=O)Cc1ccc(NC(=O)NCCCc2ccccc2)cc1. The molecule has 5 heteroatoms. The number of anilines is 1. The average molecular weight is 367 g/mol. The minimum Gasteiger partial charge on any atom is -0.343 e. The number of urea groups is 1. The highest BCUT2D eigenvalue weighted by molar-refractivity contribution is 5.89. The predicted molar refractivity (Wildman–Crippen MR) is 110 cm³/mol. The standard InChI is InChI=1S/C22H29N3O2/c1-3-25(4-2)21(26)17-19-12-14-20(15-13-19)24-22(27)23-16-8-11-18-9-6-5-7-10-18/h5-7,9-10,12-15H,3-4,8,11,16-17H2,1-2H3,(H2,23,24,27). The average Bonchev–Trinajstić information content (AvgIpc) is 2.68. The minimum absolute atomic E-state index is 0.122. The molecule has 0 saturated heterocycles. The molecule has 3 amide bonds. The van der Waals surface area contributed by atoms with Gasteiger partial charge in [-0.05, 0) is 49.9 Å². The summed E-state index contributed by atoms with van der Waals surface area (Å²) in [6.07, 6.45) is 2.22. The van der Waals surface area contributed by atoms with Gasteiger partial charge in [-0.15, -0.1) is 0 Å². The van der Waals surface area contributed by atoms with Crippen molar-refractivity contribution in [2.24, 2.45) is 0 Å². The van der Waals surface area contributed by atoms with Gasteiger partial charge in [-0.2, -0.15) is 0 Å². The number of hydrogen-bond acceptors (Lipinski definition) is 2. The van der Waals surface area contributed by atoms with E-state index in [1.807, 2.05) is 61.2 Å². The zero-order valence-electron chi connectivity index (χ0n) is 16.2. The number of benzene rings is 2. The fourth-order valence-corrected chi connectivity index (χ4v) is 2.88. The van der Waals surface area contributed by atoms with Crippen LogP contribution in [0.5, 0.6) is 0 Å². The number of nitrogens with zero attached hydrogens (tertiary/aromatic N) is 1. The molecule has 2 rings (SSSR count). The fourth-order valence-electron chi connectivity index (χ4n) is 2.88. The van der Waals surface area contributed by atoms with E-state index in [9.17, 15) is 9.59 Å². The molecule has 5 nitrogen and oxygen atoms in total. The number of hydrogen-bond donors (Lipinski definition) is 2. The molecule has 2 N–H and O–H groups in total.